The minimum atomic E-state index is -2.95. The van der Waals surface area contributed by atoms with Gasteiger partial charge in [-0.05, 0) is 34.3 Å². The number of phenols is 1. The number of phenolic OH excluding ortho intramolecular Hbond substituents is 1. The Morgan fingerprint density at radius 2 is 1.48 bits per heavy atom. The number of para-hydroxylation sites is 1. The zero-order valence-corrected chi connectivity index (χ0v) is 25.6. The van der Waals surface area contributed by atoms with Gasteiger partial charge in [-0.25, -0.2) is 0 Å². The van der Waals surface area contributed by atoms with E-state index in [1.807, 2.05) is 42.5 Å². The Morgan fingerprint density at radius 1 is 0.905 bits per heavy atom. The van der Waals surface area contributed by atoms with E-state index < -0.39 is 43.9 Å². The highest BCUT2D eigenvalue weighted by atomic mass is 28.4. The standard InChI is InChI=1S/C34H39NO6Si/c1-33(2,3)42(23-13-7-5-8-14-23,24-15-9-6-10-16-24)40-21-22-19-26-30(32(38)35(4)31(26)37)27-20-29(41-34(22,27)39)25-17-11-12-18-28(25)36/h5-18,22,26-27,29-30,36,39H,19-21H2,1-4H3/t22-,26+,27+,29+,30+,34-/m1/s1. The molecule has 7 nitrogen and oxygen atoms in total. The summed E-state index contributed by atoms with van der Waals surface area (Å²) in [7, 11) is -1.43. The number of hydrogen-bond donors (Lipinski definition) is 2. The van der Waals surface area contributed by atoms with Crippen molar-refractivity contribution in [1.82, 2.24) is 4.90 Å². The molecule has 6 rings (SSSR count). The van der Waals surface area contributed by atoms with Crippen molar-refractivity contribution in [2.24, 2.45) is 23.7 Å². The van der Waals surface area contributed by atoms with E-state index in [0.29, 0.717) is 12.0 Å². The average molecular weight is 586 g/mol. The number of ether oxygens (including phenoxy) is 1. The van der Waals surface area contributed by atoms with Gasteiger partial charge in [0.1, 0.15) is 5.75 Å². The first-order valence-corrected chi connectivity index (χ1v) is 16.6. The van der Waals surface area contributed by atoms with E-state index in [0.717, 1.165) is 10.4 Å². The summed E-state index contributed by atoms with van der Waals surface area (Å²) in [6.45, 7) is 6.74. The summed E-state index contributed by atoms with van der Waals surface area (Å²) in [5.74, 6) is -4.53. The predicted octanol–water partition coefficient (Wildman–Crippen LogP) is 3.99. The van der Waals surface area contributed by atoms with Crippen molar-refractivity contribution in [2.75, 3.05) is 13.7 Å². The number of rotatable bonds is 6. The third-order valence-electron chi connectivity index (χ3n) is 9.79. The van der Waals surface area contributed by atoms with Gasteiger partial charge in [-0.1, -0.05) is 99.6 Å². The van der Waals surface area contributed by atoms with Gasteiger partial charge < -0.3 is 19.4 Å². The third kappa shape index (κ3) is 4.35. The lowest BCUT2D eigenvalue weighted by molar-refractivity contribution is -0.273. The number of benzene rings is 3. The number of carbonyl (C=O) groups excluding carboxylic acids is 2. The molecular weight excluding hydrogens is 546 g/mol. The summed E-state index contributed by atoms with van der Waals surface area (Å²) < 4.78 is 13.7. The van der Waals surface area contributed by atoms with E-state index in [-0.39, 0.29) is 35.6 Å². The van der Waals surface area contributed by atoms with Crippen molar-refractivity contribution in [1.29, 1.82) is 0 Å². The molecule has 0 unspecified atom stereocenters. The summed E-state index contributed by atoms with van der Waals surface area (Å²) >= 11 is 0. The third-order valence-corrected chi connectivity index (χ3v) is 14.8. The van der Waals surface area contributed by atoms with E-state index in [9.17, 15) is 19.8 Å². The van der Waals surface area contributed by atoms with Gasteiger partial charge in [0.05, 0.1) is 17.9 Å². The molecule has 0 spiro atoms. The van der Waals surface area contributed by atoms with Gasteiger partial charge in [0.2, 0.25) is 11.8 Å². The number of fused-ring (bicyclic) bond motifs is 3. The quantitative estimate of drug-likeness (QED) is 0.336. The number of amides is 2. The average Bonchev–Trinajstić information content (AvgIpc) is 3.43. The predicted molar refractivity (Wildman–Crippen MR) is 161 cm³/mol. The van der Waals surface area contributed by atoms with E-state index in [1.54, 1.807) is 18.2 Å². The van der Waals surface area contributed by atoms with Gasteiger partial charge in [-0.3, -0.25) is 14.5 Å². The second-order valence-electron chi connectivity index (χ2n) is 13.0. The molecule has 1 saturated carbocycles. The summed E-state index contributed by atoms with van der Waals surface area (Å²) in [5, 5.41) is 25.0. The first-order chi connectivity index (χ1) is 20.0. The van der Waals surface area contributed by atoms with Crippen LogP contribution >= 0.6 is 0 Å². The fourth-order valence-corrected chi connectivity index (χ4v) is 12.4. The lowest BCUT2D eigenvalue weighted by Crippen LogP contribution is -2.67. The number of carbonyl (C=O) groups is 2. The molecular formula is C34H39NO6Si. The summed E-state index contributed by atoms with van der Waals surface area (Å²) in [5.41, 5.74) is 0.564. The molecule has 3 aromatic carbocycles. The lowest BCUT2D eigenvalue weighted by Gasteiger charge is -2.48. The molecule has 0 aromatic heterocycles. The highest BCUT2D eigenvalue weighted by molar-refractivity contribution is 6.99. The molecule has 2 heterocycles. The minimum Gasteiger partial charge on any atom is -0.508 e. The van der Waals surface area contributed by atoms with Crippen LogP contribution in [0.25, 0.3) is 0 Å². The number of imide groups is 1. The van der Waals surface area contributed by atoms with Crippen LogP contribution in [0.2, 0.25) is 5.04 Å². The Labute approximate surface area is 248 Å². The van der Waals surface area contributed by atoms with Gasteiger partial charge in [0.15, 0.2) is 5.79 Å². The van der Waals surface area contributed by atoms with E-state index >= 15 is 0 Å². The molecule has 2 amide bonds. The maximum Gasteiger partial charge on any atom is 0.261 e. The molecule has 3 aromatic rings. The van der Waals surface area contributed by atoms with Crippen LogP contribution < -0.4 is 10.4 Å². The number of hydrogen-bond acceptors (Lipinski definition) is 6. The van der Waals surface area contributed by atoms with Gasteiger partial charge in [0.25, 0.3) is 8.32 Å². The monoisotopic (exact) mass is 585 g/mol. The Kier molecular flexibility index (Phi) is 7.17. The molecule has 42 heavy (non-hydrogen) atoms. The highest BCUT2D eigenvalue weighted by Crippen LogP contribution is 2.59. The largest absolute Gasteiger partial charge is 0.508 e. The number of nitrogens with zero attached hydrogens (tertiary/aromatic N) is 1. The number of aliphatic hydroxyl groups is 1. The maximum absolute atomic E-state index is 13.3. The van der Waals surface area contributed by atoms with Crippen molar-refractivity contribution in [3.8, 4) is 5.75 Å². The fraction of sp³-hybridized carbons (Fsp3) is 0.412. The van der Waals surface area contributed by atoms with Crippen molar-refractivity contribution in [3.63, 3.8) is 0 Å². The van der Waals surface area contributed by atoms with Crippen LogP contribution in [-0.4, -0.2) is 54.7 Å². The maximum atomic E-state index is 13.3. The summed E-state index contributed by atoms with van der Waals surface area (Å²) in [4.78, 5) is 27.8. The lowest BCUT2D eigenvalue weighted by atomic mass is 9.64. The van der Waals surface area contributed by atoms with Crippen molar-refractivity contribution >= 4 is 30.5 Å². The Hall–Kier alpha value is -3.30. The van der Waals surface area contributed by atoms with Crippen LogP contribution in [0.1, 0.15) is 45.3 Å². The molecule has 3 fully saturated rings. The van der Waals surface area contributed by atoms with Crippen LogP contribution in [0.4, 0.5) is 0 Å². The zero-order chi connectivity index (χ0) is 29.9. The van der Waals surface area contributed by atoms with Crippen LogP contribution in [0.3, 0.4) is 0 Å². The molecule has 6 atom stereocenters. The number of likely N-dealkylation sites (tertiary alicyclic amines) is 1. The molecule has 2 saturated heterocycles. The van der Waals surface area contributed by atoms with Crippen LogP contribution in [0, 0.1) is 23.7 Å². The van der Waals surface area contributed by atoms with Crippen molar-refractivity contribution in [2.45, 2.75) is 50.5 Å². The van der Waals surface area contributed by atoms with E-state index in [2.05, 4.69) is 45.0 Å². The zero-order valence-electron chi connectivity index (χ0n) is 24.6. The molecule has 8 heteroatoms. The molecule has 2 aliphatic heterocycles. The van der Waals surface area contributed by atoms with E-state index in [4.69, 9.17) is 9.16 Å². The number of aromatic hydroxyl groups is 1. The van der Waals surface area contributed by atoms with Crippen LogP contribution in [-0.2, 0) is 18.8 Å². The van der Waals surface area contributed by atoms with Crippen LogP contribution in [0.5, 0.6) is 5.75 Å². The van der Waals surface area contributed by atoms with Gasteiger partial charge in [-0.2, -0.15) is 0 Å². The van der Waals surface area contributed by atoms with Crippen molar-refractivity contribution < 1.29 is 29.0 Å². The fourth-order valence-electron chi connectivity index (χ4n) is 7.77. The van der Waals surface area contributed by atoms with Gasteiger partial charge in [0, 0.05) is 31.1 Å². The molecule has 0 bridgehead atoms. The highest BCUT2D eigenvalue weighted by Gasteiger charge is 2.67. The summed E-state index contributed by atoms with van der Waals surface area (Å²) in [6, 6.07) is 27.5. The van der Waals surface area contributed by atoms with Gasteiger partial charge in [-0.15, -0.1) is 0 Å². The Morgan fingerprint density at radius 3 is 2.05 bits per heavy atom. The molecule has 2 N–H and O–H groups in total. The Bertz CT molecular complexity index is 1430. The first kappa shape index (κ1) is 28.8. The van der Waals surface area contributed by atoms with Gasteiger partial charge >= 0.3 is 0 Å². The normalized spacial score (nSPS) is 29.5. The smallest absolute Gasteiger partial charge is 0.261 e. The topological polar surface area (TPSA) is 96.3 Å². The molecule has 0 radical (unpaired) electrons. The first-order valence-electron chi connectivity index (χ1n) is 14.7. The second-order valence-corrected chi connectivity index (χ2v) is 17.3. The second kappa shape index (κ2) is 10.5. The molecule has 3 aliphatic rings. The van der Waals surface area contributed by atoms with Crippen LogP contribution in [0.15, 0.2) is 84.9 Å². The minimum absolute atomic E-state index is 0.0763. The summed E-state index contributed by atoms with van der Waals surface area (Å²) in [6.07, 6.45) is -0.0278. The SMILES string of the molecule is CN1C(=O)[C@H]2[C@H](C[C@H](CO[Si](c3ccccc3)(c3ccccc3)C(C)(C)C)[C@@]3(O)O[C@H](c4ccccc4O)C[C@@H]23)C1=O. The van der Waals surface area contributed by atoms with Crippen molar-refractivity contribution in [3.05, 3.63) is 90.5 Å². The van der Waals surface area contributed by atoms with E-state index in [1.165, 1.54) is 11.9 Å². The molecule has 220 valence electrons. The Balaban J connectivity index is 1.42. The molecule has 1 aliphatic carbocycles.